The first-order valence-corrected chi connectivity index (χ1v) is 6.23. The third kappa shape index (κ3) is 5.21. The number of amides is 1. The zero-order valence-electron chi connectivity index (χ0n) is 10.7. The normalized spacial score (nSPS) is 12.3. The van der Waals surface area contributed by atoms with E-state index in [2.05, 4.69) is 20.5 Å². The van der Waals surface area contributed by atoms with Crippen molar-refractivity contribution in [3.63, 3.8) is 0 Å². The predicted octanol–water partition coefficient (Wildman–Crippen LogP) is 2.72. The minimum absolute atomic E-state index is 0.160. The highest BCUT2D eigenvalue weighted by atomic mass is 35.5. The van der Waals surface area contributed by atoms with Crippen LogP contribution >= 0.6 is 23.2 Å². The Kier molecular flexibility index (Phi) is 6.10. The Morgan fingerprint density at radius 2 is 1.96 bits per heavy atom. The van der Waals surface area contributed by atoms with E-state index in [1.165, 1.54) is 6.20 Å². The van der Waals surface area contributed by atoms with Crippen molar-refractivity contribution in [2.45, 2.75) is 11.8 Å². The van der Waals surface area contributed by atoms with Gasteiger partial charge in [0.05, 0.1) is 0 Å². The number of nitrogens with one attached hydrogen (secondary N) is 2. The summed E-state index contributed by atoms with van der Waals surface area (Å²) in [6, 6.07) is 1.59. The lowest BCUT2D eigenvalue weighted by Gasteiger charge is -2.00. The fourth-order valence-electron chi connectivity index (χ4n) is 1.18. The molecule has 2 aromatic rings. The smallest absolute Gasteiger partial charge is 0.475 e. The van der Waals surface area contributed by atoms with E-state index in [0.29, 0.717) is 10.9 Å². The van der Waals surface area contributed by atoms with Gasteiger partial charge in [0.15, 0.2) is 11.0 Å². The maximum Gasteiger partial charge on any atom is 0.490 e. The van der Waals surface area contributed by atoms with Gasteiger partial charge in [0.2, 0.25) is 0 Å². The number of fused-ring (bicyclic) bond motifs is 1. The number of carboxylic acids is 1. The number of rotatable bonds is 2. The maximum absolute atomic E-state index is 12.4. The van der Waals surface area contributed by atoms with E-state index in [4.69, 9.17) is 33.1 Å². The Hall–Kier alpha value is -2.14. The highest BCUT2D eigenvalue weighted by molar-refractivity contribution is 6.34. The molecule has 3 N–H and O–H groups in total. The summed E-state index contributed by atoms with van der Waals surface area (Å²) in [7, 11) is 0. The van der Waals surface area contributed by atoms with E-state index >= 15 is 0 Å². The van der Waals surface area contributed by atoms with Gasteiger partial charge in [-0.3, -0.25) is 9.89 Å². The van der Waals surface area contributed by atoms with Crippen LogP contribution in [-0.4, -0.2) is 44.0 Å². The second-order valence-corrected chi connectivity index (χ2v) is 4.43. The minimum Gasteiger partial charge on any atom is -0.475 e. The molecule has 23 heavy (non-hydrogen) atoms. The summed E-state index contributed by atoms with van der Waals surface area (Å²) in [6.07, 6.45) is -3.64. The molecule has 0 spiro atoms. The number of aliphatic carboxylic acids is 1. The van der Waals surface area contributed by atoms with Crippen molar-refractivity contribution in [1.82, 2.24) is 15.2 Å². The van der Waals surface area contributed by atoms with E-state index in [0.717, 1.165) is 0 Å². The zero-order chi connectivity index (χ0) is 17.8. The van der Waals surface area contributed by atoms with Crippen LogP contribution in [0, 0.1) is 0 Å². The second kappa shape index (κ2) is 7.42. The number of hydrogen-bond acceptors (Lipinski definition) is 4. The van der Waals surface area contributed by atoms with Crippen LogP contribution in [0.4, 0.5) is 23.4 Å². The Morgan fingerprint density at radius 3 is 2.43 bits per heavy atom. The Morgan fingerprint density at radius 1 is 1.39 bits per heavy atom. The molecule has 1 atom stereocenters. The molecule has 0 aliphatic heterocycles. The lowest BCUT2D eigenvalue weighted by Crippen LogP contribution is -2.21. The first kappa shape index (κ1) is 18.9. The first-order chi connectivity index (χ1) is 10.5. The van der Waals surface area contributed by atoms with Crippen molar-refractivity contribution in [3.05, 3.63) is 17.4 Å². The molecule has 0 aromatic carbocycles. The van der Waals surface area contributed by atoms with Crippen LogP contribution in [0.15, 0.2) is 12.3 Å². The monoisotopic (exact) mass is 376 g/mol. The summed E-state index contributed by atoms with van der Waals surface area (Å²) in [6.45, 7) is 0. The van der Waals surface area contributed by atoms with E-state index in [-0.39, 0.29) is 11.0 Å². The van der Waals surface area contributed by atoms with E-state index in [1.54, 1.807) is 6.07 Å². The summed E-state index contributed by atoms with van der Waals surface area (Å²) in [5.74, 6) is -3.58. The highest BCUT2D eigenvalue weighted by Crippen LogP contribution is 2.24. The standard InChI is InChI=1S/C8H5Cl2FN4O.C2HF3O2/c9-5(11)8(16)13-7-3-1-2-12-6(10)4(3)14-15-7;3-2(4,5)1(6)7/h1-2,5H,(H2,13,14,15,16);(H,6,7). The number of carbonyl (C=O) groups excluding carboxylic acids is 1. The van der Waals surface area contributed by atoms with Crippen molar-refractivity contribution < 1.29 is 32.3 Å². The van der Waals surface area contributed by atoms with Crippen LogP contribution in [0.1, 0.15) is 0 Å². The number of halogens is 6. The maximum atomic E-state index is 12.4. The summed E-state index contributed by atoms with van der Waals surface area (Å²) < 4.78 is 44.2. The van der Waals surface area contributed by atoms with Gasteiger partial charge in [-0.1, -0.05) is 23.2 Å². The number of nitrogens with zero attached hydrogens (tertiary/aromatic N) is 2. The molecule has 126 valence electrons. The van der Waals surface area contributed by atoms with Crippen LogP contribution in [0.25, 0.3) is 10.9 Å². The second-order valence-electron chi connectivity index (χ2n) is 3.69. The molecule has 2 heterocycles. The number of alkyl halides is 5. The van der Waals surface area contributed by atoms with Gasteiger partial charge in [-0.25, -0.2) is 14.2 Å². The topological polar surface area (TPSA) is 108 Å². The molecule has 2 rings (SSSR count). The van der Waals surface area contributed by atoms with Crippen molar-refractivity contribution in [2.24, 2.45) is 0 Å². The van der Waals surface area contributed by atoms with Crippen molar-refractivity contribution in [3.8, 4) is 0 Å². The van der Waals surface area contributed by atoms with Crippen molar-refractivity contribution >= 4 is 51.8 Å². The zero-order valence-corrected chi connectivity index (χ0v) is 12.2. The number of aromatic nitrogens is 3. The fraction of sp³-hybridized carbons (Fsp3) is 0.200. The predicted molar refractivity (Wildman–Crippen MR) is 72.0 cm³/mol. The van der Waals surface area contributed by atoms with Crippen LogP contribution in [-0.2, 0) is 9.59 Å². The van der Waals surface area contributed by atoms with Gasteiger partial charge in [0.1, 0.15) is 5.52 Å². The largest absolute Gasteiger partial charge is 0.490 e. The molecule has 13 heteroatoms. The van der Waals surface area contributed by atoms with Gasteiger partial charge < -0.3 is 10.4 Å². The van der Waals surface area contributed by atoms with Crippen LogP contribution in [0.2, 0.25) is 5.15 Å². The molecule has 0 aliphatic carbocycles. The van der Waals surface area contributed by atoms with Gasteiger partial charge in [0.25, 0.3) is 11.5 Å². The summed E-state index contributed by atoms with van der Waals surface area (Å²) in [5, 5.41) is 16.4. The van der Waals surface area contributed by atoms with E-state index in [1.807, 2.05) is 0 Å². The molecule has 1 unspecified atom stereocenters. The molecule has 7 nitrogen and oxygen atoms in total. The van der Waals surface area contributed by atoms with Gasteiger partial charge in [-0.05, 0) is 6.07 Å². The number of H-pyrrole nitrogens is 1. The lowest BCUT2D eigenvalue weighted by atomic mass is 10.3. The molecule has 0 saturated carbocycles. The SMILES string of the molecule is O=C(Nc1n[nH]c2c(Cl)nccc12)C(F)Cl.O=C(O)C(F)(F)F. The number of carboxylic acid groups (broad SMARTS) is 1. The van der Waals surface area contributed by atoms with Gasteiger partial charge in [-0.2, -0.15) is 18.3 Å². The number of anilines is 1. The molecule has 0 fully saturated rings. The molecular formula is C10H6Cl2F4N4O3. The Balaban J connectivity index is 0.000000322. The number of carbonyl (C=O) groups is 2. The molecular weight excluding hydrogens is 371 g/mol. The molecule has 0 bridgehead atoms. The molecule has 2 aromatic heterocycles. The number of aromatic amines is 1. The van der Waals surface area contributed by atoms with Gasteiger partial charge in [0, 0.05) is 11.6 Å². The highest BCUT2D eigenvalue weighted by Gasteiger charge is 2.38. The Bertz CT molecular complexity index is 720. The van der Waals surface area contributed by atoms with Gasteiger partial charge >= 0.3 is 12.1 Å². The average Bonchev–Trinajstić information content (AvgIpc) is 2.83. The Labute approximate surface area is 134 Å². The van der Waals surface area contributed by atoms with E-state index in [9.17, 15) is 22.4 Å². The van der Waals surface area contributed by atoms with Crippen LogP contribution in [0.5, 0.6) is 0 Å². The quantitative estimate of drug-likeness (QED) is 0.424. The third-order valence-electron chi connectivity index (χ3n) is 2.12. The summed E-state index contributed by atoms with van der Waals surface area (Å²) in [5.41, 5.74) is -1.66. The lowest BCUT2D eigenvalue weighted by molar-refractivity contribution is -0.192. The van der Waals surface area contributed by atoms with Crippen molar-refractivity contribution in [1.29, 1.82) is 0 Å². The van der Waals surface area contributed by atoms with Crippen LogP contribution < -0.4 is 5.32 Å². The van der Waals surface area contributed by atoms with Crippen LogP contribution in [0.3, 0.4) is 0 Å². The number of pyridine rings is 1. The minimum atomic E-state index is -5.08. The molecule has 0 aliphatic rings. The first-order valence-electron chi connectivity index (χ1n) is 5.41. The molecule has 1 amide bonds. The number of hydrogen-bond donors (Lipinski definition) is 3. The van der Waals surface area contributed by atoms with E-state index < -0.39 is 23.7 Å². The average molecular weight is 377 g/mol. The molecule has 0 saturated heterocycles. The third-order valence-corrected chi connectivity index (χ3v) is 2.61. The fourth-order valence-corrected chi connectivity index (χ4v) is 1.43. The van der Waals surface area contributed by atoms with Gasteiger partial charge in [-0.15, -0.1) is 0 Å². The molecule has 0 radical (unpaired) electrons. The van der Waals surface area contributed by atoms with Crippen molar-refractivity contribution in [2.75, 3.05) is 5.32 Å². The summed E-state index contributed by atoms with van der Waals surface area (Å²) in [4.78, 5) is 23.7. The summed E-state index contributed by atoms with van der Waals surface area (Å²) >= 11 is 10.7.